The van der Waals surface area contributed by atoms with Crippen LogP contribution in [0.25, 0.3) is 0 Å². The predicted molar refractivity (Wildman–Crippen MR) is 64.8 cm³/mol. The molecule has 0 saturated carbocycles. The summed E-state index contributed by atoms with van der Waals surface area (Å²) in [4.78, 5) is 15.2. The Morgan fingerprint density at radius 3 is 2.41 bits per heavy atom. The molecule has 0 N–H and O–H groups in total. The molecule has 17 heavy (non-hydrogen) atoms. The zero-order chi connectivity index (χ0) is 13.3. The predicted octanol–water partition coefficient (Wildman–Crippen LogP) is 0.983. The van der Waals surface area contributed by atoms with Gasteiger partial charge in [-0.05, 0) is 14.0 Å². The van der Waals surface area contributed by atoms with Crippen LogP contribution in [-0.4, -0.2) is 48.9 Å². The maximum absolute atomic E-state index is 11.7. The van der Waals surface area contributed by atoms with Crippen molar-refractivity contribution in [3.05, 3.63) is 0 Å². The van der Waals surface area contributed by atoms with Crippen LogP contribution in [-0.2, 0) is 4.79 Å². The first-order valence-electron chi connectivity index (χ1n) is 5.71. The Balaban J connectivity index is 3.91. The van der Waals surface area contributed by atoms with E-state index in [0.29, 0.717) is 32.4 Å². The molecule has 0 bridgehead atoms. The fraction of sp³-hybridized carbons (Fsp3) is 0.750. The van der Waals surface area contributed by atoms with Crippen LogP contribution in [0.2, 0.25) is 0 Å². The van der Waals surface area contributed by atoms with Gasteiger partial charge in [-0.1, -0.05) is 0 Å². The summed E-state index contributed by atoms with van der Waals surface area (Å²) in [6.45, 7) is 3.08. The number of carbonyl (C=O) groups excluding carboxylic acids is 1. The topological polar surface area (TPSA) is 71.1 Å². The summed E-state index contributed by atoms with van der Waals surface area (Å²) in [5.74, 6) is 0.0382. The van der Waals surface area contributed by atoms with Crippen molar-refractivity contribution in [3.8, 4) is 12.1 Å². The molecule has 0 aromatic carbocycles. The summed E-state index contributed by atoms with van der Waals surface area (Å²) >= 11 is 0. The Hall–Kier alpha value is -1.59. The molecule has 5 heteroatoms. The second-order valence-corrected chi connectivity index (χ2v) is 4.17. The van der Waals surface area contributed by atoms with E-state index in [2.05, 4.69) is 6.07 Å². The highest BCUT2D eigenvalue weighted by molar-refractivity contribution is 5.76. The van der Waals surface area contributed by atoms with E-state index >= 15 is 0 Å². The van der Waals surface area contributed by atoms with Crippen molar-refractivity contribution in [2.45, 2.75) is 32.2 Å². The molecule has 0 aromatic heterocycles. The zero-order valence-corrected chi connectivity index (χ0v) is 10.8. The summed E-state index contributed by atoms with van der Waals surface area (Å²) in [5.41, 5.74) is 0. The lowest BCUT2D eigenvalue weighted by atomic mass is 10.2. The minimum Gasteiger partial charge on any atom is -0.345 e. The lowest BCUT2D eigenvalue weighted by Crippen LogP contribution is -2.34. The third kappa shape index (κ3) is 6.55. The normalized spacial score (nSPS) is 11.6. The average Bonchev–Trinajstić information content (AvgIpc) is 2.32. The minimum atomic E-state index is 0.0382. The van der Waals surface area contributed by atoms with Gasteiger partial charge in [0.25, 0.3) is 0 Å². The monoisotopic (exact) mass is 236 g/mol. The van der Waals surface area contributed by atoms with Crippen LogP contribution in [0.15, 0.2) is 0 Å². The summed E-state index contributed by atoms with van der Waals surface area (Å²) in [6.07, 6.45) is 1.26. The van der Waals surface area contributed by atoms with E-state index < -0.39 is 0 Å². The van der Waals surface area contributed by atoms with E-state index in [9.17, 15) is 4.79 Å². The number of nitrogens with zero attached hydrogens (tertiary/aromatic N) is 4. The van der Waals surface area contributed by atoms with Crippen molar-refractivity contribution in [1.29, 1.82) is 10.5 Å². The molecule has 0 radical (unpaired) electrons. The molecule has 0 rings (SSSR count). The molecule has 0 aliphatic carbocycles. The molecular weight excluding hydrogens is 216 g/mol. The van der Waals surface area contributed by atoms with Crippen molar-refractivity contribution in [2.75, 3.05) is 27.2 Å². The number of hydrogen-bond donors (Lipinski definition) is 0. The van der Waals surface area contributed by atoms with Crippen LogP contribution in [0.4, 0.5) is 0 Å². The fourth-order valence-corrected chi connectivity index (χ4v) is 1.31. The molecule has 1 unspecified atom stereocenters. The average molecular weight is 236 g/mol. The van der Waals surface area contributed by atoms with Gasteiger partial charge in [0.15, 0.2) is 0 Å². The lowest BCUT2D eigenvalue weighted by molar-refractivity contribution is -0.130. The fourth-order valence-electron chi connectivity index (χ4n) is 1.31. The van der Waals surface area contributed by atoms with Crippen LogP contribution in [0.3, 0.4) is 0 Å². The quantitative estimate of drug-likeness (QED) is 0.660. The first-order valence-corrected chi connectivity index (χ1v) is 5.71. The number of amides is 1. The van der Waals surface area contributed by atoms with Gasteiger partial charge >= 0.3 is 0 Å². The molecule has 1 atom stereocenters. The van der Waals surface area contributed by atoms with Gasteiger partial charge in [-0.25, -0.2) is 0 Å². The Bertz CT molecular complexity index is 315. The highest BCUT2D eigenvalue weighted by Crippen LogP contribution is 2.02. The maximum atomic E-state index is 11.7. The van der Waals surface area contributed by atoms with E-state index in [-0.39, 0.29) is 11.9 Å². The molecular formula is C12H20N4O. The molecule has 0 heterocycles. The highest BCUT2D eigenvalue weighted by Gasteiger charge is 2.12. The second-order valence-electron chi connectivity index (χ2n) is 4.17. The largest absolute Gasteiger partial charge is 0.345 e. The van der Waals surface area contributed by atoms with E-state index in [0.717, 1.165) is 0 Å². The number of carbonyl (C=O) groups is 1. The second kappa shape index (κ2) is 8.55. The van der Waals surface area contributed by atoms with Gasteiger partial charge in [0.2, 0.25) is 5.91 Å². The summed E-state index contributed by atoms with van der Waals surface area (Å²) in [7, 11) is 3.61. The molecule has 0 aliphatic rings. The molecule has 0 saturated heterocycles. The van der Waals surface area contributed by atoms with Gasteiger partial charge in [-0.3, -0.25) is 4.79 Å². The Kier molecular flexibility index (Phi) is 7.75. The van der Waals surface area contributed by atoms with E-state index in [1.54, 1.807) is 11.9 Å². The molecule has 0 fully saturated rings. The smallest absolute Gasteiger partial charge is 0.223 e. The third-order valence-corrected chi connectivity index (χ3v) is 2.80. The standard InChI is InChI=1S/C12H20N4O/c1-11(5-8-14)15(2)10-6-12(17)16(3)9-4-7-13/h11H,4-6,9-10H2,1-3H3. The van der Waals surface area contributed by atoms with Crippen molar-refractivity contribution >= 4 is 5.91 Å². The summed E-state index contributed by atoms with van der Waals surface area (Å²) in [5, 5.41) is 17.0. The van der Waals surface area contributed by atoms with Gasteiger partial charge in [0.05, 0.1) is 25.0 Å². The first-order chi connectivity index (χ1) is 8.02. The van der Waals surface area contributed by atoms with Crippen molar-refractivity contribution in [3.63, 3.8) is 0 Å². The van der Waals surface area contributed by atoms with Gasteiger partial charge in [-0.15, -0.1) is 0 Å². The van der Waals surface area contributed by atoms with E-state index in [1.165, 1.54) is 0 Å². The van der Waals surface area contributed by atoms with Crippen LogP contribution in [0, 0.1) is 22.7 Å². The molecule has 0 aliphatic heterocycles. The Labute approximate surface area is 103 Å². The SMILES string of the molecule is CC(CC#N)N(C)CCC(=O)N(C)CCC#N. The van der Waals surface area contributed by atoms with Crippen LogP contribution >= 0.6 is 0 Å². The van der Waals surface area contributed by atoms with Gasteiger partial charge in [0, 0.05) is 32.6 Å². The summed E-state index contributed by atoms with van der Waals surface area (Å²) in [6, 6.07) is 4.29. The zero-order valence-electron chi connectivity index (χ0n) is 10.8. The van der Waals surface area contributed by atoms with E-state index in [4.69, 9.17) is 10.5 Å². The molecule has 0 spiro atoms. The molecule has 5 nitrogen and oxygen atoms in total. The Morgan fingerprint density at radius 2 is 1.88 bits per heavy atom. The molecule has 0 aromatic rings. The van der Waals surface area contributed by atoms with Crippen LogP contribution in [0.5, 0.6) is 0 Å². The van der Waals surface area contributed by atoms with Crippen LogP contribution < -0.4 is 0 Å². The highest BCUT2D eigenvalue weighted by atomic mass is 16.2. The van der Waals surface area contributed by atoms with Crippen molar-refractivity contribution < 1.29 is 4.79 Å². The third-order valence-electron chi connectivity index (χ3n) is 2.80. The van der Waals surface area contributed by atoms with Crippen molar-refractivity contribution in [2.24, 2.45) is 0 Å². The lowest BCUT2D eigenvalue weighted by Gasteiger charge is -2.23. The summed E-state index contributed by atoms with van der Waals surface area (Å²) < 4.78 is 0. The van der Waals surface area contributed by atoms with Crippen molar-refractivity contribution in [1.82, 2.24) is 9.80 Å². The minimum absolute atomic E-state index is 0.0382. The maximum Gasteiger partial charge on any atom is 0.223 e. The number of nitriles is 2. The number of hydrogen-bond acceptors (Lipinski definition) is 4. The number of rotatable bonds is 7. The van der Waals surface area contributed by atoms with Gasteiger partial charge in [0.1, 0.15) is 0 Å². The molecule has 94 valence electrons. The van der Waals surface area contributed by atoms with Gasteiger partial charge < -0.3 is 9.80 Å². The van der Waals surface area contributed by atoms with E-state index in [1.807, 2.05) is 24.9 Å². The first kappa shape index (κ1) is 15.4. The Morgan fingerprint density at radius 1 is 1.24 bits per heavy atom. The van der Waals surface area contributed by atoms with Gasteiger partial charge in [-0.2, -0.15) is 10.5 Å². The molecule has 1 amide bonds. The van der Waals surface area contributed by atoms with Crippen LogP contribution in [0.1, 0.15) is 26.2 Å².